The molecule has 2 N–H and O–H groups in total. The fraction of sp³-hybridized carbons (Fsp3) is 0.742. The summed E-state index contributed by atoms with van der Waals surface area (Å²) in [6.45, 7) is 17.3. The summed E-state index contributed by atoms with van der Waals surface area (Å²) < 4.78 is 20.9. The van der Waals surface area contributed by atoms with Gasteiger partial charge in [0.2, 0.25) is 0 Å². The van der Waals surface area contributed by atoms with Crippen molar-refractivity contribution in [1.82, 2.24) is 10.6 Å². The summed E-state index contributed by atoms with van der Waals surface area (Å²) in [6, 6.07) is 0. The zero-order valence-corrected chi connectivity index (χ0v) is 25.3. The minimum absolute atomic E-state index is 0.00562. The average molecular weight is 577 g/mol. The maximum atomic E-state index is 12.4. The van der Waals surface area contributed by atoms with Crippen molar-refractivity contribution in [3.63, 3.8) is 0 Å². The second-order valence-corrected chi connectivity index (χ2v) is 12.8. The van der Waals surface area contributed by atoms with Crippen LogP contribution in [0.5, 0.6) is 0 Å². The third-order valence-corrected chi connectivity index (χ3v) is 8.99. The molecule has 0 saturated heterocycles. The molecule has 0 heterocycles. The Kier molecular flexibility index (Phi) is 11.3. The van der Waals surface area contributed by atoms with Crippen LogP contribution in [0.4, 0.5) is 9.59 Å². The first-order valence-corrected chi connectivity index (χ1v) is 14.8. The highest BCUT2D eigenvalue weighted by molar-refractivity contribution is 5.87. The van der Waals surface area contributed by atoms with Crippen LogP contribution in [0.2, 0.25) is 0 Å². The molecule has 230 valence electrons. The van der Waals surface area contributed by atoms with Crippen molar-refractivity contribution in [2.45, 2.75) is 85.4 Å². The standard InChI is InChI=1S/C31H48N2O8/c1-18(2)27(34)38-11-9-20(5)40-30(37)33-17-31(7)10-8-24-25-13-22(26(24)14-31)12-23(25)15-32-29(36)41-21(6)16-39-28(35)19(3)4/h20-26H,1,3,8-17H2,2,4-7H3,(H,32,36)(H,33,37)/t20?,21?,22?,23-,24?,25?,26?,31?/m1/s1. The fourth-order valence-electron chi connectivity index (χ4n) is 6.87. The highest BCUT2D eigenvalue weighted by atomic mass is 16.6. The number of fused-ring (bicyclic) bond motifs is 5. The molecule has 2 amide bonds. The van der Waals surface area contributed by atoms with E-state index in [1.165, 1.54) is 6.42 Å². The first-order chi connectivity index (χ1) is 19.3. The molecular weight excluding hydrogens is 528 g/mol. The van der Waals surface area contributed by atoms with Crippen molar-refractivity contribution in [3.05, 3.63) is 24.3 Å². The van der Waals surface area contributed by atoms with Crippen LogP contribution in [-0.4, -0.2) is 62.6 Å². The Morgan fingerprint density at radius 2 is 1.51 bits per heavy atom. The largest absolute Gasteiger partial charge is 0.462 e. The smallest absolute Gasteiger partial charge is 0.407 e. The zero-order valence-electron chi connectivity index (χ0n) is 25.3. The van der Waals surface area contributed by atoms with E-state index in [9.17, 15) is 19.2 Å². The SMILES string of the molecule is C=C(C)C(=O)OCCC(C)OC(=O)NCC1(C)CCC2C(C1)C1CC2[C@@H](CNC(=O)OC(C)COC(=O)C(=C)C)C1. The second kappa shape index (κ2) is 14.2. The highest BCUT2D eigenvalue weighted by Gasteiger charge is 2.55. The normalized spacial score (nSPS) is 29.3. The van der Waals surface area contributed by atoms with Gasteiger partial charge in [-0.3, -0.25) is 0 Å². The van der Waals surface area contributed by atoms with Gasteiger partial charge in [-0.1, -0.05) is 20.1 Å². The van der Waals surface area contributed by atoms with E-state index in [0.29, 0.717) is 60.2 Å². The monoisotopic (exact) mass is 576 g/mol. The molecule has 3 saturated carbocycles. The summed E-state index contributed by atoms with van der Waals surface area (Å²) in [7, 11) is 0. The number of nitrogens with one attached hydrogen (secondary N) is 2. The highest BCUT2D eigenvalue weighted by Crippen LogP contribution is 2.62. The molecule has 7 unspecified atom stereocenters. The molecule has 0 aromatic rings. The molecule has 2 bridgehead atoms. The Balaban J connectivity index is 1.35. The van der Waals surface area contributed by atoms with Crippen LogP contribution in [-0.2, 0) is 28.5 Å². The number of carbonyl (C=O) groups is 4. The second-order valence-electron chi connectivity index (χ2n) is 12.8. The third-order valence-electron chi connectivity index (χ3n) is 8.99. The maximum absolute atomic E-state index is 12.4. The molecule has 10 nitrogen and oxygen atoms in total. The Labute approximate surface area is 243 Å². The molecule has 8 atom stereocenters. The number of carbonyl (C=O) groups excluding carboxylic acids is 4. The van der Waals surface area contributed by atoms with Crippen LogP contribution < -0.4 is 10.6 Å². The Hall–Kier alpha value is -3.04. The molecule has 10 heteroatoms. The number of ether oxygens (including phenoxy) is 4. The summed E-state index contributed by atoms with van der Waals surface area (Å²) in [6.07, 6.45) is 4.11. The van der Waals surface area contributed by atoms with Crippen LogP contribution in [0.3, 0.4) is 0 Å². The van der Waals surface area contributed by atoms with Crippen molar-refractivity contribution in [2.75, 3.05) is 26.3 Å². The molecule has 0 radical (unpaired) electrons. The quantitative estimate of drug-likeness (QED) is 0.180. The molecule has 41 heavy (non-hydrogen) atoms. The van der Waals surface area contributed by atoms with Crippen molar-refractivity contribution >= 4 is 24.1 Å². The first kappa shape index (κ1) is 32.5. The minimum Gasteiger partial charge on any atom is -0.462 e. The average Bonchev–Trinajstić information content (AvgIpc) is 3.48. The van der Waals surface area contributed by atoms with E-state index in [2.05, 4.69) is 30.7 Å². The fourth-order valence-corrected chi connectivity index (χ4v) is 6.87. The lowest BCUT2D eigenvalue weighted by atomic mass is 9.60. The number of hydrogen-bond donors (Lipinski definition) is 2. The van der Waals surface area contributed by atoms with E-state index in [1.807, 2.05) is 0 Å². The van der Waals surface area contributed by atoms with E-state index >= 15 is 0 Å². The number of rotatable bonds is 13. The molecule has 0 aromatic carbocycles. The summed E-state index contributed by atoms with van der Waals surface area (Å²) in [5.41, 5.74) is 0.667. The molecule has 3 rings (SSSR count). The lowest BCUT2D eigenvalue weighted by Gasteiger charge is -2.46. The predicted molar refractivity (Wildman–Crippen MR) is 153 cm³/mol. The molecule has 0 spiro atoms. The van der Waals surface area contributed by atoms with Gasteiger partial charge < -0.3 is 29.6 Å². The van der Waals surface area contributed by atoms with Gasteiger partial charge in [0.25, 0.3) is 0 Å². The van der Waals surface area contributed by atoms with Crippen LogP contribution in [0, 0.1) is 35.0 Å². The third kappa shape index (κ3) is 9.23. The van der Waals surface area contributed by atoms with Gasteiger partial charge in [-0.05, 0) is 94.8 Å². The number of amides is 2. The van der Waals surface area contributed by atoms with Gasteiger partial charge in [0.05, 0.1) is 6.61 Å². The van der Waals surface area contributed by atoms with Crippen molar-refractivity contribution in [1.29, 1.82) is 0 Å². The molecule has 3 fully saturated rings. The van der Waals surface area contributed by atoms with Gasteiger partial charge in [-0.2, -0.15) is 0 Å². The van der Waals surface area contributed by atoms with E-state index in [-0.39, 0.29) is 24.7 Å². The number of esters is 2. The summed E-state index contributed by atoms with van der Waals surface area (Å²) in [4.78, 5) is 47.7. The topological polar surface area (TPSA) is 129 Å². The summed E-state index contributed by atoms with van der Waals surface area (Å²) in [5.74, 6) is 2.04. The van der Waals surface area contributed by atoms with E-state index in [0.717, 1.165) is 25.7 Å². The van der Waals surface area contributed by atoms with Crippen LogP contribution in [0.15, 0.2) is 24.3 Å². The lowest BCUT2D eigenvalue weighted by molar-refractivity contribution is -0.141. The molecular formula is C31H48N2O8. The van der Waals surface area contributed by atoms with Crippen LogP contribution >= 0.6 is 0 Å². The van der Waals surface area contributed by atoms with Crippen molar-refractivity contribution in [3.8, 4) is 0 Å². The Morgan fingerprint density at radius 1 is 0.878 bits per heavy atom. The maximum Gasteiger partial charge on any atom is 0.407 e. The van der Waals surface area contributed by atoms with E-state index in [1.54, 1.807) is 27.7 Å². The zero-order chi connectivity index (χ0) is 30.3. The number of alkyl carbamates (subject to hydrolysis) is 2. The summed E-state index contributed by atoms with van der Waals surface area (Å²) in [5, 5.41) is 5.89. The van der Waals surface area contributed by atoms with Gasteiger partial charge in [0.15, 0.2) is 0 Å². The van der Waals surface area contributed by atoms with Gasteiger partial charge in [0, 0.05) is 30.7 Å². The molecule has 3 aliphatic carbocycles. The molecule has 0 aromatic heterocycles. The Morgan fingerprint density at radius 3 is 2.20 bits per heavy atom. The number of hydrogen-bond acceptors (Lipinski definition) is 8. The predicted octanol–water partition coefficient (Wildman–Crippen LogP) is 4.92. The van der Waals surface area contributed by atoms with Gasteiger partial charge in [-0.15, -0.1) is 0 Å². The van der Waals surface area contributed by atoms with Crippen LogP contribution in [0.1, 0.15) is 73.1 Å². The van der Waals surface area contributed by atoms with Gasteiger partial charge >= 0.3 is 24.1 Å². The van der Waals surface area contributed by atoms with Crippen molar-refractivity contribution < 1.29 is 38.1 Å². The lowest BCUT2D eigenvalue weighted by Crippen LogP contribution is -2.45. The summed E-state index contributed by atoms with van der Waals surface area (Å²) >= 11 is 0. The first-order valence-electron chi connectivity index (χ1n) is 14.8. The molecule has 0 aliphatic heterocycles. The van der Waals surface area contributed by atoms with Crippen LogP contribution in [0.25, 0.3) is 0 Å². The van der Waals surface area contributed by atoms with Crippen molar-refractivity contribution in [2.24, 2.45) is 35.0 Å². The van der Waals surface area contributed by atoms with Gasteiger partial charge in [0.1, 0.15) is 18.8 Å². The van der Waals surface area contributed by atoms with E-state index < -0.39 is 30.2 Å². The minimum atomic E-state index is -0.542. The Bertz CT molecular complexity index is 1010. The molecule has 3 aliphatic rings. The van der Waals surface area contributed by atoms with Gasteiger partial charge in [-0.25, -0.2) is 19.2 Å². The van der Waals surface area contributed by atoms with E-state index in [4.69, 9.17) is 18.9 Å².